The van der Waals surface area contributed by atoms with E-state index in [1.807, 2.05) is 0 Å². The zero-order valence-corrected chi connectivity index (χ0v) is 16.4. The maximum absolute atomic E-state index is 6.20. The zero-order chi connectivity index (χ0) is 17.5. The predicted octanol–water partition coefficient (Wildman–Crippen LogP) is 7.11. The summed E-state index contributed by atoms with van der Waals surface area (Å²) in [6.45, 7) is 2.99. The highest BCUT2D eigenvalue weighted by Crippen LogP contribution is 2.43. The molecule has 0 bridgehead atoms. The normalized spacial score (nSPS) is 10.8. The molecule has 0 aliphatic carbocycles. The third kappa shape index (κ3) is 4.44. The molecular weight excluding hydrogens is 348 g/mol. The molecule has 0 amide bonds. The molecule has 4 heteroatoms. The first-order chi connectivity index (χ1) is 12.3. The molecule has 0 aliphatic heterocycles. The molecule has 1 aromatic carbocycles. The number of thiophene rings is 2. The van der Waals surface area contributed by atoms with Crippen molar-refractivity contribution in [3.63, 3.8) is 0 Å². The van der Waals surface area contributed by atoms with Gasteiger partial charge in [-0.05, 0) is 41.4 Å². The highest BCUT2D eigenvalue weighted by Gasteiger charge is 2.16. The van der Waals surface area contributed by atoms with Crippen LogP contribution in [0.1, 0.15) is 32.6 Å². The highest BCUT2D eigenvalue weighted by atomic mass is 32.1. The first kappa shape index (κ1) is 18.0. The highest BCUT2D eigenvalue weighted by molar-refractivity contribution is 7.14. The smallest absolute Gasteiger partial charge is 0.128 e. The van der Waals surface area contributed by atoms with Gasteiger partial charge in [-0.1, -0.05) is 38.3 Å². The van der Waals surface area contributed by atoms with Gasteiger partial charge in [0.1, 0.15) is 11.5 Å². The molecule has 0 saturated carbocycles. The second-order valence-electron chi connectivity index (χ2n) is 5.91. The second kappa shape index (κ2) is 9.07. The van der Waals surface area contributed by atoms with Crippen LogP contribution in [0.3, 0.4) is 0 Å². The van der Waals surface area contributed by atoms with Gasteiger partial charge in [-0.2, -0.15) is 0 Å². The average Bonchev–Trinajstić information content (AvgIpc) is 3.34. The van der Waals surface area contributed by atoms with Crippen LogP contribution in [-0.4, -0.2) is 13.7 Å². The van der Waals surface area contributed by atoms with E-state index in [0.29, 0.717) is 0 Å². The molecule has 0 atom stereocenters. The average molecular weight is 373 g/mol. The quantitative estimate of drug-likeness (QED) is 0.373. The summed E-state index contributed by atoms with van der Waals surface area (Å²) in [5.41, 5.74) is 2.21. The Hall–Kier alpha value is -1.78. The Kier molecular flexibility index (Phi) is 6.54. The van der Waals surface area contributed by atoms with E-state index in [1.165, 1.54) is 29.0 Å². The largest absolute Gasteiger partial charge is 0.496 e. The van der Waals surface area contributed by atoms with Crippen LogP contribution < -0.4 is 9.47 Å². The summed E-state index contributed by atoms with van der Waals surface area (Å²) in [7, 11) is 1.73. The summed E-state index contributed by atoms with van der Waals surface area (Å²) in [5.74, 6) is 1.84. The maximum atomic E-state index is 6.20. The lowest BCUT2D eigenvalue weighted by atomic mass is 10.1. The van der Waals surface area contributed by atoms with E-state index in [2.05, 4.69) is 54.1 Å². The van der Waals surface area contributed by atoms with Crippen molar-refractivity contribution in [2.75, 3.05) is 13.7 Å². The standard InChI is InChI=1S/C21H24O2S2/c1-3-4-5-6-11-23-19-15-16(20-9-7-12-24-20)18(22-2)14-17(19)21-10-8-13-25-21/h7-10,12-15H,3-6,11H2,1-2H3. The van der Waals surface area contributed by atoms with Gasteiger partial charge in [0.25, 0.3) is 0 Å². The van der Waals surface area contributed by atoms with E-state index >= 15 is 0 Å². The van der Waals surface area contributed by atoms with E-state index in [1.54, 1.807) is 29.8 Å². The molecule has 2 nitrogen and oxygen atoms in total. The van der Waals surface area contributed by atoms with Gasteiger partial charge in [0.2, 0.25) is 0 Å². The Morgan fingerprint density at radius 2 is 1.48 bits per heavy atom. The molecule has 0 fully saturated rings. The first-order valence-electron chi connectivity index (χ1n) is 8.76. The van der Waals surface area contributed by atoms with Gasteiger partial charge in [-0.25, -0.2) is 0 Å². The molecule has 2 heterocycles. The monoisotopic (exact) mass is 372 g/mol. The van der Waals surface area contributed by atoms with E-state index in [0.717, 1.165) is 35.7 Å². The van der Waals surface area contributed by atoms with E-state index < -0.39 is 0 Å². The summed E-state index contributed by atoms with van der Waals surface area (Å²) < 4.78 is 11.9. The minimum Gasteiger partial charge on any atom is -0.496 e. The summed E-state index contributed by atoms with van der Waals surface area (Å²) in [5, 5.41) is 4.19. The van der Waals surface area contributed by atoms with Gasteiger partial charge in [0, 0.05) is 20.9 Å². The number of benzene rings is 1. The zero-order valence-electron chi connectivity index (χ0n) is 14.8. The van der Waals surface area contributed by atoms with Gasteiger partial charge in [0.15, 0.2) is 0 Å². The summed E-state index contributed by atoms with van der Waals surface area (Å²) >= 11 is 3.45. The number of methoxy groups -OCH3 is 1. The molecule has 2 aromatic heterocycles. The lowest BCUT2D eigenvalue weighted by Gasteiger charge is -2.15. The van der Waals surface area contributed by atoms with Crippen LogP contribution in [0.15, 0.2) is 47.2 Å². The van der Waals surface area contributed by atoms with E-state index in [4.69, 9.17) is 9.47 Å². The number of hydrogen-bond acceptors (Lipinski definition) is 4. The van der Waals surface area contributed by atoms with Crippen LogP contribution in [-0.2, 0) is 0 Å². The minimum absolute atomic E-state index is 0.759. The van der Waals surface area contributed by atoms with Gasteiger partial charge in [-0.15, -0.1) is 22.7 Å². The minimum atomic E-state index is 0.759. The van der Waals surface area contributed by atoms with E-state index in [-0.39, 0.29) is 0 Å². The third-order valence-corrected chi connectivity index (χ3v) is 5.94. The van der Waals surface area contributed by atoms with Crippen molar-refractivity contribution in [1.29, 1.82) is 0 Å². The van der Waals surface area contributed by atoms with Crippen molar-refractivity contribution < 1.29 is 9.47 Å². The fourth-order valence-electron chi connectivity index (χ4n) is 2.81. The molecule has 0 N–H and O–H groups in total. The number of hydrogen-bond donors (Lipinski definition) is 0. The van der Waals surface area contributed by atoms with Crippen LogP contribution in [0.4, 0.5) is 0 Å². The first-order valence-corrected chi connectivity index (χ1v) is 10.5. The van der Waals surface area contributed by atoms with Crippen LogP contribution >= 0.6 is 22.7 Å². The lowest BCUT2D eigenvalue weighted by Crippen LogP contribution is -2.00. The SMILES string of the molecule is CCCCCCOc1cc(-c2cccs2)c(OC)cc1-c1cccs1. The number of rotatable bonds is 9. The van der Waals surface area contributed by atoms with Gasteiger partial charge >= 0.3 is 0 Å². The van der Waals surface area contributed by atoms with Crippen molar-refractivity contribution in [2.45, 2.75) is 32.6 Å². The molecule has 0 saturated heterocycles. The van der Waals surface area contributed by atoms with Gasteiger partial charge in [0.05, 0.1) is 13.7 Å². The third-order valence-electron chi connectivity index (χ3n) is 4.13. The molecule has 3 rings (SSSR count). The number of ether oxygens (including phenoxy) is 2. The van der Waals surface area contributed by atoms with Crippen molar-refractivity contribution in [3.05, 3.63) is 47.2 Å². The molecule has 132 valence electrons. The van der Waals surface area contributed by atoms with Gasteiger partial charge < -0.3 is 9.47 Å². The number of unbranched alkanes of at least 4 members (excludes halogenated alkanes) is 3. The topological polar surface area (TPSA) is 18.5 Å². The Labute approximate surface area is 158 Å². The molecule has 0 radical (unpaired) electrons. The molecule has 0 aliphatic rings. The van der Waals surface area contributed by atoms with Crippen molar-refractivity contribution in [1.82, 2.24) is 0 Å². The molecule has 0 spiro atoms. The molecule has 3 aromatic rings. The summed E-state index contributed by atoms with van der Waals surface area (Å²) in [4.78, 5) is 2.41. The Morgan fingerprint density at radius 3 is 2.04 bits per heavy atom. The predicted molar refractivity (Wildman–Crippen MR) is 109 cm³/mol. The van der Waals surface area contributed by atoms with Crippen molar-refractivity contribution in [2.24, 2.45) is 0 Å². The van der Waals surface area contributed by atoms with Crippen LogP contribution in [0.2, 0.25) is 0 Å². The summed E-state index contributed by atoms with van der Waals surface area (Å²) in [6.07, 6.45) is 4.83. The molecule has 0 unspecified atom stereocenters. The van der Waals surface area contributed by atoms with E-state index in [9.17, 15) is 0 Å². The van der Waals surface area contributed by atoms with Crippen LogP contribution in [0.25, 0.3) is 20.9 Å². The van der Waals surface area contributed by atoms with Crippen molar-refractivity contribution in [3.8, 4) is 32.4 Å². The summed E-state index contributed by atoms with van der Waals surface area (Å²) in [6, 6.07) is 12.6. The fraction of sp³-hybridized carbons (Fsp3) is 0.333. The maximum Gasteiger partial charge on any atom is 0.128 e. The molecule has 25 heavy (non-hydrogen) atoms. The van der Waals surface area contributed by atoms with Crippen LogP contribution in [0.5, 0.6) is 11.5 Å². The lowest BCUT2D eigenvalue weighted by molar-refractivity contribution is 0.306. The van der Waals surface area contributed by atoms with Crippen molar-refractivity contribution >= 4 is 22.7 Å². The molecular formula is C21H24O2S2. The Morgan fingerprint density at radius 1 is 0.840 bits per heavy atom. The Balaban J connectivity index is 1.93. The van der Waals surface area contributed by atoms with Crippen LogP contribution in [0, 0.1) is 0 Å². The fourth-order valence-corrected chi connectivity index (χ4v) is 4.30. The second-order valence-corrected chi connectivity index (χ2v) is 7.81. The Bertz CT molecular complexity index is 762. The van der Waals surface area contributed by atoms with Gasteiger partial charge in [-0.3, -0.25) is 0 Å².